The van der Waals surface area contributed by atoms with Gasteiger partial charge < -0.3 is 15.3 Å². The lowest BCUT2D eigenvalue weighted by atomic mass is 9.71. The molecule has 2 aromatic carbocycles. The quantitative estimate of drug-likeness (QED) is 0.483. The Labute approximate surface area is 247 Å². The summed E-state index contributed by atoms with van der Waals surface area (Å²) in [4.78, 5) is 25.1. The van der Waals surface area contributed by atoms with Crippen molar-refractivity contribution in [1.82, 2.24) is 0 Å². The molecule has 2 saturated carbocycles. The van der Waals surface area contributed by atoms with Crippen molar-refractivity contribution in [1.29, 1.82) is 0 Å². The summed E-state index contributed by atoms with van der Waals surface area (Å²) in [5.41, 5.74) is -11.7. The fraction of sp³-hybridized carbons (Fsp3) is 0.517. The van der Waals surface area contributed by atoms with E-state index in [1.807, 2.05) is 0 Å². The van der Waals surface area contributed by atoms with Gasteiger partial charge >= 0.3 is 5.97 Å². The van der Waals surface area contributed by atoms with Crippen molar-refractivity contribution >= 4 is 11.8 Å². The maximum absolute atomic E-state index is 12.8. The second kappa shape index (κ2) is 11.8. The molecule has 0 saturated heterocycles. The SMILES string of the molecule is [2H]c1c([2H])c([2H])c([C@](O)(C(=O)O)C2([2H])C([2H])([2H])C([2H])([2H])C([2H])([2H])C([2H])([2H])C2([2H])[2H])c([2H])c1[2H].[2H]c1c([2H])c([2H])c([C@](O)(C(C)=O)C2([2H])C([2H])([2H])C([2H])([2H])C([2H])([2H])C([2H])([2H])C2([2H])[2H])c([2H])c1[2H]. The van der Waals surface area contributed by atoms with Crippen LogP contribution in [0.15, 0.2) is 60.4 Å². The molecule has 2 aromatic rings. The number of ketones is 1. The van der Waals surface area contributed by atoms with Gasteiger partial charge in [-0.15, -0.1) is 0 Å². The van der Waals surface area contributed by atoms with Crippen molar-refractivity contribution < 1.29 is 68.8 Å². The van der Waals surface area contributed by atoms with Crippen LogP contribution in [0.5, 0.6) is 0 Å². The fourth-order valence-corrected chi connectivity index (χ4v) is 2.54. The maximum atomic E-state index is 12.8. The van der Waals surface area contributed by atoms with Crippen LogP contribution in [0.25, 0.3) is 0 Å². The van der Waals surface area contributed by atoms with Gasteiger partial charge in [-0.1, -0.05) is 98.7 Å². The van der Waals surface area contributed by atoms with E-state index in [0.29, 0.717) is 6.92 Å². The highest BCUT2D eigenvalue weighted by atomic mass is 16.4. The molecule has 2 aliphatic carbocycles. The Kier molecular flexibility index (Phi) is 2.36. The van der Waals surface area contributed by atoms with E-state index in [4.69, 9.17) is 43.9 Å². The van der Waals surface area contributed by atoms with Gasteiger partial charge in [-0.05, 0) is 49.4 Å². The second-order valence-electron chi connectivity index (χ2n) is 6.28. The number of Topliss-reactive ketones (excluding diaryl/α,β-unsaturated/α-hetero) is 1. The number of carboxylic acids is 1. The molecular formula is C29H38O5. The van der Waals surface area contributed by atoms with Gasteiger partial charge in [-0.2, -0.15) is 0 Å². The van der Waals surface area contributed by atoms with Crippen LogP contribution in [-0.2, 0) is 20.8 Å². The molecule has 2 atom stereocenters. The highest BCUT2D eigenvalue weighted by Gasteiger charge is 2.46. The van der Waals surface area contributed by atoms with Gasteiger partial charge in [0.2, 0.25) is 0 Å². The normalized spacial score (nSPS) is 51.1. The zero-order valence-corrected chi connectivity index (χ0v) is 17.2. The molecule has 0 radical (unpaired) electrons. The standard InChI is InChI=1S/C15H20O2.C14H18O3/c1-12(16)15(17,13-8-4-2-5-9-13)14-10-6-3-7-11-14;15-13(16)14(17,11-7-3-1-4-8-11)12-9-5-2-6-10-12/h2,4-5,8-9,14,17H,3,6-7,10-11H2,1H3;1,3-4,7-8,12,17H,2,5-6,9-10H2,(H,15,16)/t15-;14-/m11/s1/i2D,3D2,4D,5D,6D2,7D2,8D,9D,10D2,11D2,14D;1D,2D2,3D,4D,5D2,6D2,7D,8D,9D2,10D2,12D. The van der Waals surface area contributed by atoms with Crippen molar-refractivity contribution in [2.45, 2.75) is 81.9 Å². The minimum absolute atomic E-state index is 0.470. The molecule has 0 amide bonds. The van der Waals surface area contributed by atoms with Gasteiger partial charge in [-0.25, -0.2) is 4.79 Å². The minimum atomic E-state index is -4.55. The number of carboxylic acid groups (broad SMARTS) is 1. The van der Waals surface area contributed by atoms with E-state index in [2.05, 4.69) is 0 Å². The van der Waals surface area contributed by atoms with Gasteiger partial charge in [-0.3, -0.25) is 4.79 Å². The number of aliphatic carboxylic acids is 1. The van der Waals surface area contributed by atoms with Gasteiger partial charge in [0.05, 0.1) is 13.7 Å². The van der Waals surface area contributed by atoms with Gasteiger partial charge in [0, 0.05) is 36.1 Å². The van der Waals surface area contributed by atoms with E-state index >= 15 is 0 Å². The molecule has 2 aliphatic rings. The summed E-state index contributed by atoms with van der Waals surface area (Å²) in [6.07, 6.45) is -41.6. The predicted molar refractivity (Wildman–Crippen MR) is 132 cm³/mol. The van der Waals surface area contributed by atoms with Crippen LogP contribution in [0.4, 0.5) is 0 Å². The molecule has 0 spiro atoms. The third-order valence-corrected chi connectivity index (χ3v) is 4.27. The highest BCUT2D eigenvalue weighted by molar-refractivity contribution is 5.86. The molecule has 34 heavy (non-hydrogen) atoms. The lowest BCUT2D eigenvalue weighted by Gasteiger charge is -2.37. The van der Waals surface area contributed by atoms with Gasteiger partial charge in [0.25, 0.3) is 0 Å². The van der Waals surface area contributed by atoms with Crippen molar-refractivity contribution in [2.24, 2.45) is 11.8 Å². The number of hydrogen-bond acceptors (Lipinski definition) is 4. The molecule has 0 unspecified atom stereocenters. The third kappa shape index (κ3) is 5.59. The van der Waals surface area contributed by atoms with Crippen molar-refractivity contribution in [2.75, 3.05) is 0 Å². The summed E-state index contributed by atoms with van der Waals surface area (Å²) < 4.78 is 256. The lowest BCUT2D eigenvalue weighted by molar-refractivity contribution is -0.168. The Morgan fingerprint density at radius 3 is 1.47 bits per heavy atom. The van der Waals surface area contributed by atoms with Crippen LogP contribution in [0.3, 0.4) is 0 Å². The zero-order chi connectivity index (χ0) is 53.1. The Morgan fingerprint density at radius 1 is 0.765 bits per heavy atom. The molecular weight excluding hydrogens is 428 g/mol. The first-order valence-corrected chi connectivity index (χ1v) is 9.08. The van der Waals surface area contributed by atoms with Crippen LogP contribution < -0.4 is 0 Å². The first-order valence-electron chi connectivity index (χ1n) is 25.1. The average Bonchev–Trinajstić information content (AvgIpc) is 3.18. The van der Waals surface area contributed by atoms with Crippen LogP contribution >= 0.6 is 0 Å². The summed E-state index contributed by atoms with van der Waals surface area (Å²) in [6, 6.07) is -12.5. The molecule has 184 valence electrons. The summed E-state index contributed by atoms with van der Waals surface area (Å²) in [5, 5.41) is 32.6. The Morgan fingerprint density at radius 2 is 1.12 bits per heavy atom. The van der Waals surface area contributed by atoms with Crippen molar-refractivity contribution in [3.8, 4) is 0 Å². The molecule has 0 heterocycles. The molecule has 5 nitrogen and oxygen atoms in total. The largest absolute Gasteiger partial charge is 0.479 e. The number of rotatable bonds is 6. The minimum Gasteiger partial charge on any atom is -0.479 e. The molecule has 2 fully saturated rings. The number of aliphatic hydroxyl groups is 2. The van der Waals surface area contributed by atoms with Crippen LogP contribution in [0, 0.1) is 11.8 Å². The third-order valence-electron chi connectivity index (χ3n) is 4.27. The number of carbonyl (C=O) groups excluding carboxylic acids is 1. The van der Waals surface area contributed by atoms with Crippen LogP contribution in [-0.4, -0.2) is 27.1 Å². The molecule has 0 bridgehead atoms. The topological polar surface area (TPSA) is 94.8 Å². The molecule has 3 N–H and O–H groups in total. The van der Waals surface area contributed by atoms with Gasteiger partial charge in [0.1, 0.15) is 0 Å². The van der Waals surface area contributed by atoms with Crippen LogP contribution in [0.1, 0.15) is 126 Å². The lowest BCUT2D eigenvalue weighted by Crippen LogP contribution is -2.43. The molecule has 5 heteroatoms. The second-order valence-corrected chi connectivity index (χ2v) is 6.28. The molecule has 0 aromatic heterocycles. The molecule has 4 rings (SSSR count). The Bertz CT molecular complexity index is 2110. The number of benzene rings is 2. The van der Waals surface area contributed by atoms with Gasteiger partial charge in [0.15, 0.2) is 17.0 Å². The first kappa shape index (κ1) is 6.83. The predicted octanol–water partition coefficient (Wildman–Crippen LogP) is 5.58. The van der Waals surface area contributed by atoms with E-state index in [1.54, 1.807) is 0 Å². The maximum Gasteiger partial charge on any atom is 0.340 e. The summed E-state index contributed by atoms with van der Waals surface area (Å²) in [6.45, 7) is 0.470. The molecule has 0 aliphatic heterocycles. The summed E-state index contributed by atoms with van der Waals surface area (Å²) in [5.74, 6) is -13.4. The number of hydrogen-bond donors (Lipinski definition) is 3. The van der Waals surface area contributed by atoms with E-state index in [-0.39, 0.29) is 0 Å². The monoisotopic (exact) mass is 498 g/mol. The smallest absolute Gasteiger partial charge is 0.340 e. The van der Waals surface area contributed by atoms with E-state index < -0.39 is 170 Å². The average molecular weight is 499 g/mol. The van der Waals surface area contributed by atoms with E-state index in [1.165, 1.54) is 0 Å². The van der Waals surface area contributed by atoms with E-state index in [0.717, 1.165) is 0 Å². The summed E-state index contributed by atoms with van der Waals surface area (Å²) >= 11 is 0. The van der Waals surface area contributed by atoms with Crippen molar-refractivity contribution in [3.05, 3.63) is 71.6 Å². The van der Waals surface area contributed by atoms with Crippen molar-refractivity contribution in [3.63, 3.8) is 0 Å². The number of carbonyl (C=O) groups is 2. The van der Waals surface area contributed by atoms with Crippen LogP contribution in [0.2, 0.25) is 0 Å². The summed E-state index contributed by atoms with van der Waals surface area (Å²) in [7, 11) is 0. The highest BCUT2D eigenvalue weighted by Crippen LogP contribution is 2.40. The van der Waals surface area contributed by atoms with E-state index in [9.17, 15) is 24.9 Å². The Hall–Kier alpha value is -2.50. The Balaban J connectivity index is 0.000000350. The zero-order valence-electron chi connectivity index (χ0n) is 49.2. The fourth-order valence-electron chi connectivity index (χ4n) is 2.54. The first-order chi connectivity index (χ1) is 28.7.